The van der Waals surface area contributed by atoms with E-state index in [-0.39, 0.29) is 34.7 Å². The zero-order valence-corrected chi connectivity index (χ0v) is 15.8. The number of aromatic nitrogens is 1. The van der Waals surface area contributed by atoms with E-state index in [9.17, 15) is 25.3 Å². The fourth-order valence-corrected chi connectivity index (χ4v) is 2.77. The zero-order chi connectivity index (χ0) is 20.7. The van der Waals surface area contributed by atoms with Crippen LogP contribution in [-0.2, 0) is 6.54 Å². The molecule has 1 N–H and O–H groups in total. The number of benzene rings is 1. The molecule has 0 atom stereocenters. The van der Waals surface area contributed by atoms with Crippen LogP contribution in [0.5, 0.6) is 5.88 Å². The van der Waals surface area contributed by atoms with E-state index >= 15 is 0 Å². The molecule has 1 heterocycles. The van der Waals surface area contributed by atoms with Crippen molar-refractivity contribution in [2.75, 3.05) is 0 Å². The standard InChI is InChI=1S/C19H21N5O4/c1-3-4-5-8-11-23-18(25)14(12-20)13(2)17(19(23)26)22-21-15-9-6-7-10-16(15)24(27)28/h6-7,9-10,25H,3-5,8,11H2,1-2H3. The lowest BCUT2D eigenvalue weighted by Crippen LogP contribution is -2.22. The highest BCUT2D eigenvalue weighted by Gasteiger charge is 2.19. The van der Waals surface area contributed by atoms with Crippen LogP contribution in [0.15, 0.2) is 39.3 Å². The number of nitrogens with zero attached hydrogens (tertiary/aromatic N) is 5. The van der Waals surface area contributed by atoms with E-state index in [1.807, 2.05) is 6.07 Å². The summed E-state index contributed by atoms with van der Waals surface area (Å²) in [6, 6.07) is 7.64. The van der Waals surface area contributed by atoms with Crippen LogP contribution in [0.1, 0.15) is 43.7 Å². The van der Waals surface area contributed by atoms with Gasteiger partial charge in [-0.15, -0.1) is 10.2 Å². The highest BCUT2D eigenvalue weighted by Crippen LogP contribution is 2.30. The van der Waals surface area contributed by atoms with E-state index in [0.29, 0.717) is 6.42 Å². The molecule has 0 bridgehead atoms. The third kappa shape index (κ3) is 4.40. The van der Waals surface area contributed by atoms with Gasteiger partial charge < -0.3 is 5.11 Å². The van der Waals surface area contributed by atoms with Crippen LogP contribution in [0.2, 0.25) is 0 Å². The average Bonchev–Trinajstić information content (AvgIpc) is 2.67. The molecule has 9 heteroatoms. The van der Waals surface area contributed by atoms with Gasteiger partial charge in [-0.1, -0.05) is 38.3 Å². The maximum atomic E-state index is 12.8. The van der Waals surface area contributed by atoms with Gasteiger partial charge in [0.2, 0.25) is 5.88 Å². The minimum Gasteiger partial charge on any atom is -0.493 e. The van der Waals surface area contributed by atoms with Crippen molar-refractivity contribution in [1.82, 2.24) is 4.57 Å². The number of pyridine rings is 1. The van der Waals surface area contributed by atoms with Gasteiger partial charge in [0.15, 0.2) is 11.4 Å². The Morgan fingerprint density at radius 3 is 2.61 bits per heavy atom. The van der Waals surface area contributed by atoms with E-state index < -0.39 is 16.4 Å². The van der Waals surface area contributed by atoms with E-state index in [1.54, 1.807) is 6.07 Å². The van der Waals surface area contributed by atoms with E-state index in [0.717, 1.165) is 23.8 Å². The normalized spacial score (nSPS) is 10.9. The summed E-state index contributed by atoms with van der Waals surface area (Å²) in [4.78, 5) is 23.3. The van der Waals surface area contributed by atoms with Crippen LogP contribution >= 0.6 is 0 Å². The van der Waals surface area contributed by atoms with Crippen LogP contribution < -0.4 is 5.56 Å². The van der Waals surface area contributed by atoms with Gasteiger partial charge in [-0.05, 0) is 19.4 Å². The lowest BCUT2D eigenvalue weighted by atomic mass is 10.1. The highest BCUT2D eigenvalue weighted by atomic mass is 16.6. The quantitative estimate of drug-likeness (QED) is 0.307. The Morgan fingerprint density at radius 2 is 1.96 bits per heavy atom. The number of aromatic hydroxyl groups is 1. The molecule has 2 rings (SSSR count). The summed E-state index contributed by atoms with van der Waals surface area (Å²) in [5.74, 6) is -0.397. The maximum Gasteiger partial charge on any atom is 0.296 e. The Labute approximate surface area is 161 Å². The van der Waals surface area contributed by atoms with Crippen LogP contribution in [0.3, 0.4) is 0 Å². The van der Waals surface area contributed by atoms with Gasteiger partial charge >= 0.3 is 0 Å². The van der Waals surface area contributed by atoms with Crippen molar-refractivity contribution in [1.29, 1.82) is 5.26 Å². The molecule has 0 amide bonds. The number of azo groups is 1. The second kappa shape index (κ2) is 9.41. The summed E-state index contributed by atoms with van der Waals surface area (Å²) in [5, 5.41) is 38.5. The lowest BCUT2D eigenvalue weighted by Gasteiger charge is -2.12. The number of para-hydroxylation sites is 1. The Kier molecular flexibility index (Phi) is 6.98. The molecule has 0 fully saturated rings. The number of hydrogen-bond donors (Lipinski definition) is 1. The molecule has 0 radical (unpaired) electrons. The molecular weight excluding hydrogens is 362 g/mol. The van der Waals surface area contributed by atoms with Gasteiger partial charge in [-0.2, -0.15) is 5.26 Å². The molecule has 0 spiro atoms. The third-order valence-electron chi connectivity index (χ3n) is 4.34. The smallest absolute Gasteiger partial charge is 0.296 e. The van der Waals surface area contributed by atoms with Gasteiger partial charge in [0, 0.05) is 18.2 Å². The highest BCUT2D eigenvalue weighted by molar-refractivity contribution is 5.59. The van der Waals surface area contributed by atoms with Crippen molar-refractivity contribution in [2.45, 2.75) is 46.1 Å². The van der Waals surface area contributed by atoms with E-state index in [1.165, 1.54) is 25.1 Å². The predicted octanol–water partition coefficient (Wildman–Crippen LogP) is 4.64. The molecule has 146 valence electrons. The van der Waals surface area contributed by atoms with Crippen molar-refractivity contribution in [2.24, 2.45) is 10.2 Å². The topological polar surface area (TPSA) is 134 Å². The molecule has 28 heavy (non-hydrogen) atoms. The zero-order valence-electron chi connectivity index (χ0n) is 15.8. The molecule has 1 aromatic heterocycles. The number of unbranched alkanes of at least 4 members (excludes halogenated alkanes) is 3. The fourth-order valence-electron chi connectivity index (χ4n) is 2.77. The van der Waals surface area contributed by atoms with Crippen LogP contribution in [0.25, 0.3) is 0 Å². The molecule has 2 aromatic rings. The number of nitro groups is 1. The largest absolute Gasteiger partial charge is 0.493 e. The van der Waals surface area contributed by atoms with E-state index in [4.69, 9.17) is 0 Å². The lowest BCUT2D eigenvalue weighted by molar-refractivity contribution is -0.384. The first kappa shape index (κ1) is 20.8. The summed E-state index contributed by atoms with van der Waals surface area (Å²) >= 11 is 0. The van der Waals surface area contributed by atoms with Gasteiger partial charge in [0.25, 0.3) is 11.2 Å². The number of hydrogen-bond acceptors (Lipinski definition) is 7. The van der Waals surface area contributed by atoms with Crippen molar-refractivity contribution < 1.29 is 10.0 Å². The summed E-state index contributed by atoms with van der Waals surface area (Å²) in [6.45, 7) is 3.78. The fraction of sp³-hybridized carbons (Fsp3) is 0.368. The second-order valence-corrected chi connectivity index (χ2v) is 6.25. The minimum absolute atomic E-state index is 0.00706. The monoisotopic (exact) mass is 383 g/mol. The third-order valence-corrected chi connectivity index (χ3v) is 4.34. The molecule has 0 saturated carbocycles. The summed E-state index contributed by atoms with van der Waals surface area (Å²) in [6.07, 6.45) is 3.56. The van der Waals surface area contributed by atoms with Crippen molar-refractivity contribution in [3.63, 3.8) is 0 Å². The molecule has 0 aliphatic carbocycles. The molecule has 1 aromatic carbocycles. The maximum absolute atomic E-state index is 12.8. The van der Waals surface area contributed by atoms with Crippen molar-refractivity contribution >= 4 is 17.1 Å². The molecule has 0 unspecified atom stereocenters. The van der Waals surface area contributed by atoms with Gasteiger partial charge in [0.1, 0.15) is 11.6 Å². The van der Waals surface area contributed by atoms with Gasteiger partial charge in [-0.25, -0.2) is 0 Å². The Hall–Kier alpha value is -3.54. The minimum atomic E-state index is -0.593. The van der Waals surface area contributed by atoms with Gasteiger partial charge in [0.05, 0.1) is 4.92 Å². The average molecular weight is 383 g/mol. The van der Waals surface area contributed by atoms with Crippen LogP contribution in [0.4, 0.5) is 17.1 Å². The SMILES string of the molecule is CCCCCCn1c(O)c(C#N)c(C)c(N=Nc2ccccc2[N+](=O)[O-])c1=O. The first-order chi connectivity index (χ1) is 13.4. The molecular formula is C19H21N5O4. The molecule has 0 aliphatic heterocycles. The summed E-state index contributed by atoms with van der Waals surface area (Å²) < 4.78 is 1.11. The first-order valence-corrected chi connectivity index (χ1v) is 8.94. The number of nitro benzene ring substituents is 1. The predicted molar refractivity (Wildman–Crippen MR) is 103 cm³/mol. The molecule has 0 saturated heterocycles. The second-order valence-electron chi connectivity index (χ2n) is 6.25. The van der Waals surface area contributed by atoms with Crippen molar-refractivity contribution in [3.05, 3.63) is 55.9 Å². The van der Waals surface area contributed by atoms with Crippen molar-refractivity contribution in [3.8, 4) is 11.9 Å². The van der Waals surface area contributed by atoms with E-state index in [2.05, 4.69) is 17.2 Å². The van der Waals surface area contributed by atoms with Crippen LogP contribution in [0, 0.1) is 28.4 Å². The van der Waals surface area contributed by atoms with Gasteiger partial charge in [-0.3, -0.25) is 19.5 Å². The first-order valence-electron chi connectivity index (χ1n) is 8.94. The Bertz CT molecular complexity index is 1000. The Balaban J connectivity index is 2.51. The van der Waals surface area contributed by atoms with Crippen LogP contribution in [-0.4, -0.2) is 14.6 Å². The number of nitriles is 1. The molecule has 9 nitrogen and oxygen atoms in total. The Morgan fingerprint density at radius 1 is 1.25 bits per heavy atom. The summed E-state index contributed by atoms with van der Waals surface area (Å²) in [5.41, 5.74) is -0.852. The molecule has 0 aliphatic rings. The summed E-state index contributed by atoms with van der Waals surface area (Å²) in [7, 11) is 0. The number of rotatable bonds is 8.